The Labute approximate surface area is 183 Å². The zero-order chi connectivity index (χ0) is 17.3. The normalized spacial score (nSPS) is 13.8. The van der Waals surface area contributed by atoms with Gasteiger partial charge in [-0.1, -0.05) is 30.3 Å². The van der Waals surface area contributed by atoms with E-state index in [4.69, 9.17) is 0 Å². The van der Waals surface area contributed by atoms with Gasteiger partial charge in [0.15, 0.2) is 0 Å². The van der Waals surface area contributed by atoms with E-state index in [1.54, 1.807) is 36.4 Å². The van der Waals surface area contributed by atoms with Crippen LogP contribution in [0.3, 0.4) is 0 Å². The van der Waals surface area contributed by atoms with Crippen molar-refractivity contribution in [3.05, 3.63) is 60.8 Å². The molecule has 1 aliphatic heterocycles. The minimum absolute atomic E-state index is 0. The SMILES string of the molecule is Cl.Cl.Cl.O=S(=O)(c1ccccc1)c1cnc2c(N3CCNCC3)cccc2c1. The lowest BCUT2D eigenvalue weighted by Gasteiger charge is -2.30. The van der Waals surface area contributed by atoms with Crippen molar-refractivity contribution < 1.29 is 8.42 Å². The average Bonchev–Trinajstić information content (AvgIpc) is 2.68. The molecule has 0 bridgehead atoms. The van der Waals surface area contributed by atoms with Crippen molar-refractivity contribution in [1.82, 2.24) is 10.3 Å². The van der Waals surface area contributed by atoms with E-state index in [1.807, 2.05) is 18.2 Å². The summed E-state index contributed by atoms with van der Waals surface area (Å²) in [5.74, 6) is 0. The minimum Gasteiger partial charge on any atom is -0.367 e. The molecule has 0 aliphatic carbocycles. The zero-order valence-corrected chi connectivity index (χ0v) is 18.2. The maximum absolute atomic E-state index is 12.8. The number of halogens is 3. The van der Waals surface area contributed by atoms with E-state index < -0.39 is 9.84 Å². The van der Waals surface area contributed by atoms with E-state index in [0.29, 0.717) is 0 Å². The number of hydrogen-bond acceptors (Lipinski definition) is 5. The highest BCUT2D eigenvalue weighted by atomic mass is 35.5. The molecule has 0 saturated carbocycles. The molecule has 0 spiro atoms. The van der Waals surface area contributed by atoms with E-state index in [2.05, 4.69) is 15.2 Å². The van der Waals surface area contributed by atoms with Gasteiger partial charge in [0.1, 0.15) is 0 Å². The zero-order valence-electron chi connectivity index (χ0n) is 14.9. The third-order valence-corrected chi connectivity index (χ3v) is 6.22. The van der Waals surface area contributed by atoms with Crippen LogP contribution in [0.1, 0.15) is 0 Å². The number of benzene rings is 2. The molecule has 1 aromatic heterocycles. The first-order chi connectivity index (χ1) is 12.2. The van der Waals surface area contributed by atoms with Gasteiger partial charge in [0.25, 0.3) is 0 Å². The van der Waals surface area contributed by atoms with Gasteiger partial charge in [-0.15, -0.1) is 37.2 Å². The molecule has 1 aliphatic rings. The number of hydrogen-bond donors (Lipinski definition) is 1. The quantitative estimate of drug-likeness (QED) is 0.642. The lowest BCUT2D eigenvalue weighted by molar-refractivity contribution is 0.590. The molecule has 1 N–H and O–H groups in total. The van der Waals surface area contributed by atoms with Gasteiger partial charge in [-0.3, -0.25) is 4.98 Å². The Morgan fingerprint density at radius 3 is 2.21 bits per heavy atom. The van der Waals surface area contributed by atoms with Crippen LogP contribution < -0.4 is 10.2 Å². The highest BCUT2D eigenvalue weighted by Crippen LogP contribution is 2.28. The number of para-hydroxylation sites is 1. The lowest BCUT2D eigenvalue weighted by atomic mass is 10.1. The molecule has 9 heteroatoms. The summed E-state index contributed by atoms with van der Waals surface area (Å²) in [6.45, 7) is 3.73. The Kier molecular flexibility index (Phi) is 8.98. The van der Waals surface area contributed by atoms with Crippen LogP contribution in [0, 0.1) is 0 Å². The van der Waals surface area contributed by atoms with Gasteiger partial charge in [0, 0.05) is 37.8 Å². The molecule has 4 rings (SSSR count). The van der Waals surface area contributed by atoms with Gasteiger partial charge in [-0.2, -0.15) is 0 Å². The van der Waals surface area contributed by atoms with Gasteiger partial charge in [0.2, 0.25) is 9.84 Å². The Bertz CT molecular complexity index is 1010. The van der Waals surface area contributed by atoms with Crippen molar-refractivity contribution in [2.75, 3.05) is 31.1 Å². The van der Waals surface area contributed by atoms with Gasteiger partial charge < -0.3 is 10.2 Å². The van der Waals surface area contributed by atoms with Crippen LogP contribution in [0.15, 0.2) is 70.6 Å². The topological polar surface area (TPSA) is 62.3 Å². The van der Waals surface area contributed by atoms with Crippen LogP contribution in [0.2, 0.25) is 0 Å². The third kappa shape index (κ3) is 4.70. The molecule has 28 heavy (non-hydrogen) atoms. The first-order valence-corrected chi connectivity index (χ1v) is 9.79. The fourth-order valence-corrected chi connectivity index (χ4v) is 4.43. The molecule has 0 amide bonds. The number of anilines is 1. The summed E-state index contributed by atoms with van der Waals surface area (Å²) in [5.41, 5.74) is 1.90. The number of pyridine rings is 1. The van der Waals surface area contributed by atoms with Crippen molar-refractivity contribution in [2.24, 2.45) is 0 Å². The number of nitrogens with zero attached hydrogens (tertiary/aromatic N) is 2. The Balaban J connectivity index is 0.00000131. The molecule has 2 heterocycles. The molecule has 2 aromatic carbocycles. The second kappa shape index (κ2) is 10.3. The van der Waals surface area contributed by atoms with E-state index in [0.717, 1.165) is 42.8 Å². The van der Waals surface area contributed by atoms with Gasteiger partial charge in [0.05, 0.1) is 21.0 Å². The van der Waals surface area contributed by atoms with Crippen LogP contribution in [-0.4, -0.2) is 39.6 Å². The standard InChI is InChI=1S/C19H19N3O2S.3ClH/c23-25(24,16-6-2-1-3-7-16)17-13-15-5-4-8-18(19(15)21-14-17)22-11-9-20-10-12-22;;;/h1-8,13-14,20H,9-12H2;3*1H. The predicted molar refractivity (Wildman–Crippen MR) is 120 cm³/mol. The molecule has 5 nitrogen and oxygen atoms in total. The van der Waals surface area contributed by atoms with Crippen molar-refractivity contribution in [3.8, 4) is 0 Å². The number of nitrogens with one attached hydrogen (secondary N) is 1. The molecule has 0 atom stereocenters. The van der Waals surface area contributed by atoms with Crippen molar-refractivity contribution in [3.63, 3.8) is 0 Å². The number of piperazine rings is 1. The monoisotopic (exact) mass is 461 g/mol. The van der Waals surface area contributed by atoms with E-state index in [-0.39, 0.29) is 47.0 Å². The maximum Gasteiger partial charge on any atom is 0.208 e. The molecule has 3 aromatic rings. The molecule has 1 fully saturated rings. The molecular weight excluding hydrogens is 441 g/mol. The molecular formula is C19H22Cl3N3O2S. The molecule has 0 radical (unpaired) electrons. The molecule has 1 saturated heterocycles. The number of fused-ring (bicyclic) bond motifs is 1. The third-order valence-electron chi connectivity index (χ3n) is 4.49. The Hall–Kier alpha value is -1.57. The number of aromatic nitrogens is 1. The summed E-state index contributed by atoms with van der Waals surface area (Å²) >= 11 is 0. The van der Waals surface area contributed by atoms with Crippen LogP contribution in [0.4, 0.5) is 5.69 Å². The molecule has 152 valence electrons. The minimum atomic E-state index is -3.55. The first kappa shape index (κ1) is 24.5. The Morgan fingerprint density at radius 2 is 1.54 bits per heavy atom. The van der Waals surface area contributed by atoms with Gasteiger partial charge in [-0.25, -0.2) is 8.42 Å². The first-order valence-electron chi connectivity index (χ1n) is 8.31. The predicted octanol–water partition coefficient (Wildman–Crippen LogP) is 3.74. The smallest absolute Gasteiger partial charge is 0.208 e. The summed E-state index contributed by atoms with van der Waals surface area (Å²) < 4.78 is 25.6. The molecule has 0 unspecified atom stereocenters. The van der Waals surface area contributed by atoms with Crippen LogP contribution in [0.25, 0.3) is 10.9 Å². The summed E-state index contributed by atoms with van der Waals surface area (Å²) in [6.07, 6.45) is 1.47. The second-order valence-electron chi connectivity index (χ2n) is 6.07. The number of sulfone groups is 1. The van der Waals surface area contributed by atoms with Gasteiger partial charge >= 0.3 is 0 Å². The second-order valence-corrected chi connectivity index (χ2v) is 8.02. The summed E-state index contributed by atoms with van der Waals surface area (Å²) in [7, 11) is -3.55. The van der Waals surface area contributed by atoms with E-state index in [1.165, 1.54) is 6.20 Å². The van der Waals surface area contributed by atoms with Crippen molar-refractivity contribution in [1.29, 1.82) is 0 Å². The van der Waals surface area contributed by atoms with Crippen molar-refractivity contribution in [2.45, 2.75) is 9.79 Å². The fourth-order valence-electron chi connectivity index (χ4n) is 3.17. The Morgan fingerprint density at radius 1 is 0.857 bits per heavy atom. The van der Waals surface area contributed by atoms with E-state index >= 15 is 0 Å². The highest BCUT2D eigenvalue weighted by molar-refractivity contribution is 7.91. The fraction of sp³-hybridized carbons (Fsp3) is 0.211. The maximum atomic E-state index is 12.8. The highest BCUT2D eigenvalue weighted by Gasteiger charge is 2.20. The van der Waals surface area contributed by atoms with Crippen molar-refractivity contribution >= 4 is 63.6 Å². The largest absolute Gasteiger partial charge is 0.367 e. The van der Waals surface area contributed by atoms with Gasteiger partial charge in [-0.05, 0) is 24.3 Å². The number of rotatable bonds is 3. The summed E-state index contributed by atoms with van der Waals surface area (Å²) in [4.78, 5) is 7.31. The average molecular weight is 463 g/mol. The lowest BCUT2D eigenvalue weighted by Crippen LogP contribution is -2.43. The summed E-state index contributed by atoms with van der Waals surface area (Å²) in [6, 6.07) is 16.1. The van der Waals surface area contributed by atoms with Crippen LogP contribution in [0.5, 0.6) is 0 Å². The van der Waals surface area contributed by atoms with E-state index in [9.17, 15) is 8.42 Å². The van der Waals surface area contributed by atoms with Crippen LogP contribution in [-0.2, 0) is 9.84 Å². The summed E-state index contributed by atoms with van der Waals surface area (Å²) in [5, 5.41) is 4.18. The van der Waals surface area contributed by atoms with Crippen LogP contribution >= 0.6 is 37.2 Å².